The van der Waals surface area contributed by atoms with E-state index in [0.717, 1.165) is 44.9 Å². The number of unbranched alkanes of at least 4 members (excludes halogenated alkanes) is 23. The van der Waals surface area contributed by atoms with Crippen molar-refractivity contribution in [2.75, 3.05) is 19.8 Å². The van der Waals surface area contributed by atoms with Gasteiger partial charge in [-0.05, 0) is 38.5 Å². The Bertz CT molecular complexity index is 947. The summed E-state index contributed by atoms with van der Waals surface area (Å²) in [6.45, 7) is 2.79. The van der Waals surface area contributed by atoms with Gasteiger partial charge >= 0.3 is 25.7 Å². The predicted molar refractivity (Wildman–Crippen MR) is 208 cm³/mol. The Hall–Kier alpha value is -1.78. The number of aliphatic carboxylic acids is 1. The summed E-state index contributed by atoms with van der Waals surface area (Å²) in [5.41, 5.74) is 5.32. The summed E-state index contributed by atoms with van der Waals surface area (Å²) in [5, 5.41) is 8.87. The van der Waals surface area contributed by atoms with E-state index < -0.39 is 51.1 Å². The van der Waals surface area contributed by atoms with Gasteiger partial charge in [-0.25, -0.2) is 4.57 Å². The fourth-order valence-corrected chi connectivity index (χ4v) is 6.48. The molecule has 0 aliphatic heterocycles. The van der Waals surface area contributed by atoms with Gasteiger partial charge in [0.25, 0.3) is 0 Å². The average molecular weight is 762 g/mol. The van der Waals surface area contributed by atoms with Crippen LogP contribution in [0.5, 0.6) is 0 Å². The Labute approximate surface area is 316 Å². The number of phosphoric ester groups is 1. The van der Waals surface area contributed by atoms with Crippen LogP contribution in [-0.4, -0.2) is 59.9 Å². The number of allylic oxidation sites excluding steroid dienone is 2. The minimum atomic E-state index is -4.71. The number of hydrogen-bond acceptors (Lipinski definition) is 9. The van der Waals surface area contributed by atoms with Crippen molar-refractivity contribution < 1.29 is 47.5 Å². The zero-order chi connectivity index (χ0) is 38.5. The number of carbonyl (C=O) groups is 3. The smallest absolute Gasteiger partial charge is 0.472 e. The van der Waals surface area contributed by atoms with Crippen LogP contribution in [0.4, 0.5) is 0 Å². The first kappa shape index (κ1) is 50.2. The van der Waals surface area contributed by atoms with Gasteiger partial charge in [0.15, 0.2) is 6.10 Å². The van der Waals surface area contributed by atoms with Gasteiger partial charge in [-0.2, -0.15) is 0 Å². The van der Waals surface area contributed by atoms with Gasteiger partial charge in [0.1, 0.15) is 12.6 Å². The van der Waals surface area contributed by atoms with E-state index in [4.69, 9.17) is 24.8 Å². The molecule has 3 atom stereocenters. The molecule has 0 heterocycles. The lowest BCUT2D eigenvalue weighted by Crippen LogP contribution is -2.34. The fraction of sp³-hybridized carbons (Fsp3) is 0.875. The number of nitrogens with two attached hydrogens (primary N) is 1. The highest BCUT2D eigenvalue weighted by Gasteiger charge is 2.28. The van der Waals surface area contributed by atoms with Crippen LogP contribution in [0.15, 0.2) is 12.2 Å². The molecule has 0 aromatic carbocycles. The molecule has 0 saturated heterocycles. The SMILES string of the molecule is CCCCCCCC/C=C/CCCCCCCCCC(=O)O[C@@H](COC(=O)CCCCCCCCCCCCC)COP(=O)(O)OC[C@H](N)C(=O)O. The Morgan fingerprint density at radius 1 is 0.577 bits per heavy atom. The van der Waals surface area contributed by atoms with Gasteiger partial charge in [0.05, 0.1) is 13.2 Å². The lowest BCUT2D eigenvalue weighted by atomic mass is 10.1. The third-order valence-electron chi connectivity index (χ3n) is 9.01. The molecular weight excluding hydrogens is 685 g/mol. The van der Waals surface area contributed by atoms with Crippen LogP contribution in [0.25, 0.3) is 0 Å². The maximum absolute atomic E-state index is 12.6. The van der Waals surface area contributed by atoms with E-state index in [1.54, 1.807) is 0 Å². The van der Waals surface area contributed by atoms with Crippen molar-refractivity contribution in [2.45, 2.75) is 206 Å². The summed E-state index contributed by atoms with van der Waals surface area (Å²) in [4.78, 5) is 45.8. The molecule has 52 heavy (non-hydrogen) atoms. The number of rotatable bonds is 39. The molecule has 0 radical (unpaired) electrons. The van der Waals surface area contributed by atoms with Gasteiger partial charge < -0.3 is 25.2 Å². The highest BCUT2D eigenvalue weighted by atomic mass is 31.2. The average Bonchev–Trinajstić information content (AvgIpc) is 3.12. The molecule has 11 nitrogen and oxygen atoms in total. The van der Waals surface area contributed by atoms with Crippen molar-refractivity contribution >= 4 is 25.7 Å². The molecule has 0 fully saturated rings. The number of hydrogen-bond donors (Lipinski definition) is 3. The van der Waals surface area contributed by atoms with Crippen LogP contribution in [0, 0.1) is 0 Å². The largest absolute Gasteiger partial charge is 0.480 e. The molecule has 1 unspecified atom stereocenters. The molecule has 0 aromatic heterocycles. The van der Waals surface area contributed by atoms with Crippen LogP contribution >= 0.6 is 7.82 Å². The molecule has 0 aliphatic carbocycles. The lowest BCUT2D eigenvalue weighted by Gasteiger charge is -2.20. The molecule has 306 valence electrons. The van der Waals surface area contributed by atoms with Crippen molar-refractivity contribution in [3.8, 4) is 0 Å². The molecule has 0 aliphatic rings. The summed E-state index contributed by atoms with van der Waals surface area (Å²) in [5.74, 6) is -2.38. The minimum Gasteiger partial charge on any atom is -0.480 e. The van der Waals surface area contributed by atoms with Crippen LogP contribution < -0.4 is 5.73 Å². The number of carboxylic acid groups (broad SMARTS) is 1. The van der Waals surface area contributed by atoms with E-state index in [1.165, 1.54) is 109 Å². The van der Waals surface area contributed by atoms with Gasteiger partial charge in [0.2, 0.25) is 0 Å². The normalized spacial score (nSPS) is 13.9. The Morgan fingerprint density at radius 3 is 1.40 bits per heavy atom. The Balaban J connectivity index is 4.36. The van der Waals surface area contributed by atoms with Gasteiger partial charge in [-0.1, -0.05) is 154 Å². The second-order valence-corrected chi connectivity index (χ2v) is 15.6. The first-order chi connectivity index (χ1) is 25.1. The van der Waals surface area contributed by atoms with Gasteiger partial charge in [-0.15, -0.1) is 0 Å². The van der Waals surface area contributed by atoms with E-state index in [-0.39, 0.29) is 19.4 Å². The molecule has 0 rings (SSSR count). The molecule has 12 heteroatoms. The molecule has 0 aromatic rings. The monoisotopic (exact) mass is 762 g/mol. The van der Waals surface area contributed by atoms with Crippen LogP contribution in [-0.2, 0) is 37.5 Å². The Morgan fingerprint density at radius 2 is 0.962 bits per heavy atom. The van der Waals surface area contributed by atoms with Crippen molar-refractivity contribution in [3.05, 3.63) is 12.2 Å². The van der Waals surface area contributed by atoms with Crippen molar-refractivity contribution in [2.24, 2.45) is 5.73 Å². The summed E-state index contributed by atoms with van der Waals surface area (Å²) in [6, 6.07) is -1.52. The standard InChI is InChI=1S/C40H76NO10P/c1-3-5-7-9-11-13-15-16-17-18-19-20-22-24-26-28-30-32-39(43)51-36(34-49-52(46,47)50-35-37(41)40(44)45)33-48-38(42)31-29-27-25-23-21-14-12-10-8-6-4-2/h16-17,36-37H,3-15,18-35,41H2,1-2H3,(H,44,45)(H,46,47)/b17-16+/t36-,37-/m0/s1. The van der Waals surface area contributed by atoms with E-state index >= 15 is 0 Å². The van der Waals surface area contributed by atoms with Crippen LogP contribution in [0.2, 0.25) is 0 Å². The second-order valence-electron chi connectivity index (χ2n) is 14.1. The molecule has 0 spiro atoms. The zero-order valence-corrected chi connectivity index (χ0v) is 33.8. The first-order valence-corrected chi connectivity index (χ1v) is 22.2. The topological polar surface area (TPSA) is 172 Å². The second kappa shape index (κ2) is 36.2. The molecule has 0 bridgehead atoms. The van der Waals surface area contributed by atoms with Gasteiger partial charge in [0, 0.05) is 12.8 Å². The number of carbonyl (C=O) groups excluding carboxylic acids is 2. The lowest BCUT2D eigenvalue weighted by molar-refractivity contribution is -0.161. The Kier molecular flexibility index (Phi) is 35.0. The zero-order valence-electron chi connectivity index (χ0n) is 32.9. The fourth-order valence-electron chi connectivity index (χ4n) is 5.71. The van der Waals surface area contributed by atoms with Crippen molar-refractivity contribution in [1.29, 1.82) is 0 Å². The van der Waals surface area contributed by atoms with E-state index in [2.05, 4.69) is 30.5 Å². The summed E-state index contributed by atoms with van der Waals surface area (Å²) in [6.07, 6.45) is 34.2. The number of esters is 2. The first-order valence-electron chi connectivity index (χ1n) is 20.7. The van der Waals surface area contributed by atoms with E-state index in [0.29, 0.717) is 12.8 Å². The van der Waals surface area contributed by atoms with E-state index in [1.807, 2.05) is 0 Å². The summed E-state index contributed by atoms with van der Waals surface area (Å²) in [7, 11) is -4.71. The third-order valence-corrected chi connectivity index (χ3v) is 9.96. The van der Waals surface area contributed by atoms with Crippen LogP contribution in [0.3, 0.4) is 0 Å². The number of ether oxygens (including phenoxy) is 2. The van der Waals surface area contributed by atoms with Crippen molar-refractivity contribution in [3.63, 3.8) is 0 Å². The van der Waals surface area contributed by atoms with Crippen LogP contribution in [0.1, 0.15) is 194 Å². The highest BCUT2D eigenvalue weighted by molar-refractivity contribution is 7.47. The van der Waals surface area contributed by atoms with Gasteiger partial charge in [-0.3, -0.25) is 23.4 Å². The number of phosphoric acid groups is 1. The summed E-state index contributed by atoms with van der Waals surface area (Å²) < 4.78 is 32.6. The predicted octanol–water partition coefficient (Wildman–Crippen LogP) is 10.5. The molecule has 0 saturated carbocycles. The molecule has 4 N–H and O–H groups in total. The molecular formula is C40H76NO10P. The quantitative estimate of drug-likeness (QED) is 0.0235. The minimum absolute atomic E-state index is 0.160. The van der Waals surface area contributed by atoms with Crippen molar-refractivity contribution in [1.82, 2.24) is 0 Å². The highest BCUT2D eigenvalue weighted by Crippen LogP contribution is 2.43. The van der Waals surface area contributed by atoms with E-state index in [9.17, 15) is 23.8 Å². The third kappa shape index (κ3) is 35.3. The maximum Gasteiger partial charge on any atom is 0.472 e. The summed E-state index contributed by atoms with van der Waals surface area (Å²) >= 11 is 0. The number of carboxylic acids is 1. The maximum atomic E-state index is 12.6. The molecule has 0 amide bonds.